The second-order valence-electron chi connectivity index (χ2n) is 7.77. The summed E-state index contributed by atoms with van der Waals surface area (Å²) in [6.07, 6.45) is 5.68. The van der Waals surface area contributed by atoms with Crippen LogP contribution in [0.4, 0.5) is 5.69 Å². The summed E-state index contributed by atoms with van der Waals surface area (Å²) < 4.78 is 0. The first-order chi connectivity index (χ1) is 11.0. The molecule has 0 bridgehead atoms. The molecule has 2 heterocycles. The Morgan fingerprint density at radius 1 is 1.17 bits per heavy atom. The lowest BCUT2D eigenvalue weighted by molar-refractivity contribution is -0.115. The molecule has 0 radical (unpaired) electrons. The van der Waals surface area contributed by atoms with E-state index in [1.165, 1.54) is 49.9 Å². The third kappa shape index (κ3) is 3.95. The molecule has 1 unspecified atom stereocenters. The Morgan fingerprint density at radius 3 is 2.61 bits per heavy atom. The molecule has 0 saturated carbocycles. The van der Waals surface area contributed by atoms with Crippen LogP contribution < -0.4 is 5.32 Å². The van der Waals surface area contributed by atoms with Crippen molar-refractivity contribution in [3.8, 4) is 0 Å². The van der Waals surface area contributed by atoms with Crippen molar-refractivity contribution in [3.05, 3.63) is 29.3 Å². The zero-order valence-electron chi connectivity index (χ0n) is 14.8. The minimum absolute atomic E-state index is 0.131. The van der Waals surface area contributed by atoms with Crippen molar-refractivity contribution in [1.82, 2.24) is 4.90 Å². The summed E-state index contributed by atoms with van der Waals surface area (Å²) in [5, 5.41) is 2.93. The molecule has 3 heteroatoms. The van der Waals surface area contributed by atoms with Gasteiger partial charge in [-0.15, -0.1) is 0 Å². The number of rotatable bonds is 5. The van der Waals surface area contributed by atoms with Crippen molar-refractivity contribution in [2.24, 2.45) is 5.92 Å². The van der Waals surface area contributed by atoms with Gasteiger partial charge in [-0.1, -0.05) is 26.0 Å². The molecule has 3 rings (SSSR count). The highest BCUT2D eigenvalue weighted by Gasteiger charge is 2.25. The summed E-state index contributed by atoms with van der Waals surface area (Å²) in [4.78, 5) is 14.2. The highest BCUT2D eigenvalue weighted by Crippen LogP contribution is 2.33. The van der Waals surface area contributed by atoms with Crippen LogP contribution in [0.1, 0.15) is 63.5 Å². The van der Waals surface area contributed by atoms with E-state index in [-0.39, 0.29) is 5.91 Å². The second kappa shape index (κ2) is 7.04. The molecule has 1 fully saturated rings. The molecule has 126 valence electrons. The van der Waals surface area contributed by atoms with Crippen LogP contribution in [0.25, 0.3) is 0 Å². The third-order valence-corrected chi connectivity index (χ3v) is 5.54. The quantitative estimate of drug-likeness (QED) is 0.884. The van der Waals surface area contributed by atoms with Gasteiger partial charge in [-0.3, -0.25) is 4.79 Å². The number of carbonyl (C=O) groups excluding carboxylic acids is 1. The van der Waals surface area contributed by atoms with E-state index in [2.05, 4.69) is 49.2 Å². The molecule has 23 heavy (non-hydrogen) atoms. The fraction of sp³-hybridized carbons (Fsp3) is 0.650. The molecule has 1 N–H and O–H groups in total. The lowest BCUT2D eigenvalue weighted by atomic mass is 9.87. The van der Waals surface area contributed by atoms with E-state index in [1.54, 1.807) is 0 Å². The van der Waals surface area contributed by atoms with E-state index in [1.807, 2.05) is 0 Å². The molecule has 0 spiro atoms. The number of amides is 1. The van der Waals surface area contributed by atoms with Crippen molar-refractivity contribution in [3.63, 3.8) is 0 Å². The van der Waals surface area contributed by atoms with Crippen LogP contribution in [0.5, 0.6) is 0 Å². The lowest BCUT2D eigenvalue weighted by Crippen LogP contribution is -2.39. The summed E-state index contributed by atoms with van der Waals surface area (Å²) in [6, 6.07) is 7.27. The highest BCUT2D eigenvalue weighted by molar-refractivity contribution is 5.99. The van der Waals surface area contributed by atoms with Crippen LogP contribution >= 0.6 is 0 Å². The van der Waals surface area contributed by atoms with Gasteiger partial charge in [0.05, 0.1) is 6.42 Å². The van der Waals surface area contributed by atoms with Gasteiger partial charge in [-0.2, -0.15) is 0 Å². The number of hydrogen-bond acceptors (Lipinski definition) is 2. The standard InChI is InChI=1S/C20H30N2O/c1-14(2)4-5-15(3)22-10-8-16(9-11-22)17-6-7-19-18(12-17)13-20(23)21-19/h6-7,12,14-16H,4-5,8-11,13H2,1-3H3,(H,21,23). The first kappa shape index (κ1) is 16.5. The number of benzene rings is 1. The van der Waals surface area contributed by atoms with Crippen molar-refractivity contribution >= 4 is 11.6 Å². The van der Waals surface area contributed by atoms with Gasteiger partial charge < -0.3 is 10.2 Å². The fourth-order valence-electron chi connectivity index (χ4n) is 3.93. The molecular weight excluding hydrogens is 284 g/mol. The highest BCUT2D eigenvalue weighted by atomic mass is 16.1. The molecule has 1 amide bonds. The third-order valence-electron chi connectivity index (χ3n) is 5.54. The smallest absolute Gasteiger partial charge is 0.228 e. The maximum absolute atomic E-state index is 11.5. The normalized spacial score (nSPS) is 20.6. The summed E-state index contributed by atoms with van der Waals surface area (Å²) in [7, 11) is 0. The minimum Gasteiger partial charge on any atom is -0.326 e. The molecule has 2 aliphatic rings. The Morgan fingerprint density at radius 2 is 1.91 bits per heavy atom. The number of nitrogens with zero attached hydrogens (tertiary/aromatic N) is 1. The summed E-state index contributed by atoms with van der Waals surface area (Å²) >= 11 is 0. The van der Waals surface area contributed by atoms with E-state index < -0.39 is 0 Å². The molecule has 1 atom stereocenters. The molecule has 0 aromatic heterocycles. The van der Waals surface area contributed by atoms with Crippen molar-refractivity contribution in [2.45, 2.75) is 64.8 Å². The van der Waals surface area contributed by atoms with Crippen LogP contribution in [0.3, 0.4) is 0 Å². The van der Waals surface area contributed by atoms with Crippen molar-refractivity contribution < 1.29 is 4.79 Å². The van der Waals surface area contributed by atoms with Crippen molar-refractivity contribution in [1.29, 1.82) is 0 Å². The topological polar surface area (TPSA) is 32.3 Å². The second-order valence-corrected chi connectivity index (χ2v) is 7.77. The number of likely N-dealkylation sites (tertiary alicyclic amines) is 1. The van der Waals surface area contributed by atoms with E-state index in [4.69, 9.17) is 0 Å². The van der Waals surface area contributed by atoms with Crippen LogP contribution in [-0.2, 0) is 11.2 Å². The maximum Gasteiger partial charge on any atom is 0.228 e. The van der Waals surface area contributed by atoms with Gasteiger partial charge in [-0.25, -0.2) is 0 Å². The van der Waals surface area contributed by atoms with Gasteiger partial charge in [0.25, 0.3) is 0 Å². The predicted molar refractivity (Wildman–Crippen MR) is 95.9 cm³/mol. The van der Waals surface area contributed by atoms with Gasteiger partial charge in [0.2, 0.25) is 5.91 Å². The molecule has 3 nitrogen and oxygen atoms in total. The summed E-state index contributed by atoms with van der Waals surface area (Å²) in [6.45, 7) is 9.42. The number of nitrogens with one attached hydrogen (secondary N) is 1. The van der Waals surface area contributed by atoms with E-state index in [0.29, 0.717) is 18.4 Å². The van der Waals surface area contributed by atoms with Gasteiger partial charge in [0, 0.05) is 11.7 Å². The average molecular weight is 314 g/mol. The number of carbonyl (C=O) groups is 1. The Bertz CT molecular complexity index is 559. The number of piperidine rings is 1. The number of hydrogen-bond donors (Lipinski definition) is 1. The number of fused-ring (bicyclic) bond motifs is 1. The number of anilines is 1. The Balaban J connectivity index is 1.55. The molecule has 2 aliphatic heterocycles. The lowest BCUT2D eigenvalue weighted by Gasteiger charge is -2.36. The van der Waals surface area contributed by atoms with E-state index in [9.17, 15) is 4.79 Å². The predicted octanol–water partition coefficient (Wildman–Crippen LogP) is 4.19. The maximum atomic E-state index is 11.5. The zero-order valence-corrected chi connectivity index (χ0v) is 14.8. The van der Waals surface area contributed by atoms with Gasteiger partial charge in [-0.05, 0) is 74.7 Å². The van der Waals surface area contributed by atoms with Crippen LogP contribution in [-0.4, -0.2) is 29.9 Å². The molecule has 1 aromatic rings. The Kier molecular flexibility index (Phi) is 5.05. The monoisotopic (exact) mass is 314 g/mol. The van der Waals surface area contributed by atoms with E-state index >= 15 is 0 Å². The molecular formula is C20H30N2O. The van der Waals surface area contributed by atoms with Gasteiger partial charge in [0.15, 0.2) is 0 Å². The average Bonchev–Trinajstić information content (AvgIpc) is 2.91. The van der Waals surface area contributed by atoms with Crippen molar-refractivity contribution in [2.75, 3.05) is 18.4 Å². The summed E-state index contributed by atoms with van der Waals surface area (Å²) in [5.41, 5.74) is 3.62. The van der Waals surface area contributed by atoms with Crippen LogP contribution in [0.15, 0.2) is 18.2 Å². The van der Waals surface area contributed by atoms with Gasteiger partial charge >= 0.3 is 0 Å². The zero-order chi connectivity index (χ0) is 16.4. The van der Waals surface area contributed by atoms with Gasteiger partial charge in [0.1, 0.15) is 0 Å². The first-order valence-corrected chi connectivity index (χ1v) is 9.19. The SMILES string of the molecule is CC(C)CCC(C)N1CCC(c2ccc3c(c2)CC(=O)N3)CC1. The largest absolute Gasteiger partial charge is 0.326 e. The van der Waals surface area contributed by atoms with Crippen LogP contribution in [0, 0.1) is 5.92 Å². The Labute approximate surface area is 140 Å². The van der Waals surface area contributed by atoms with E-state index in [0.717, 1.165) is 11.6 Å². The molecule has 0 aliphatic carbocycles. The first-order valence-electron chi connectivity index (χ1n) is 9.19. The Hall–Kier alpha value is -1.35. The van der Waals surface area contributed by atoms with Crippen LogP contribution in [0.2, 0.25) is 0 Å². The molecule has 1 saturated heterocycles. The minimum atomic E-state index is 0.131. The molecule has 1 aromatic carbocycles. The summed E-state index contributed by atoms with van der Waals surface area (Å²) in [5.74, 6) is 1.59. The fourth-order valence-corrected chi connectivity index (χ4v) is 3.93.